The van der Waals surface area contributed by atoms with Gasteiger partial charge in [0.1, 0.15) is 0 Å². The molecule has 1 aromatic carbocycles. The van der Waals surface area contributed by atoms with Crippen LogP contribution in [0.5, 0.6) is 0 Å². The average molecular weight is 248 g/mol. The van der Waals surface area contributed by atoms with E-state index in [1.807, 2.05) is 0 Å². The summed E-state index contributed by atoms with van der Waals surface area (Å²) < 4.78 is 25.3. The van der Waals surface area contributed by atoms with Crippen molar-refractivity contribution >= 4 is 26.9 Å². The van der Waals surface area contributed by atoms with Crippen LogP contribution < -0.4 is 4.72 Å². The quantitative estimate of drug-likeness (QED) is 0.818. The Balaban J connectivity index is 3.04. The minimum Gasteiger partial charge on any atom is -0.276 e. The highest BCUT2D eigenvalue weighted by molar-refractivity contribution is 7.89. The molecule has 0 atom stereocenters. The molecule has 0 spiro atoms. The molecule has 15 heavy (non-hydrogen) atoms. The van der Waals surface area contributed by atoms with E-state index in [1.165, 1.54) is 24.3 Å². The maximum Gasteiger partial charge on any atom is 0.252 e. The van der Waals surface area contributed by atoms with Crippen molar-refractivity contribution in [2.45, 2.75) is 11.8 Å². The van der Waals surface area contributed by atoms with Crippen molar-refractivity contribution in [1.82, 2.24) is 4.72 Å². The van der Waals surface area contributed by atoms with Crippen molar-refractivity contribution in [3.05, 3.63) is 29.8 Å². The molecule has 0 heterocycles. The maximum atomic E-state index is 11.5. The second kappa shape index (κ2) is 4.74. The minimum atomic E-state index is -3.46. The number of rotatable bonds is 4. The van der Waals surface area contributed by atoms with Gasteiger partial charge in [0.05, 0.1) is 4.90 Å². The van der Waals surface area contributed by atoms with Gasteiger partial charge in [0.25, 0.3) is 5.24 Å². The Morgan fingerprint density at radius 2 is 1.87 bits per heavy atom. The standard InChI is InChI=1S/C9H10ClNO3S/c1-2-11-15(13,14)8-5-3-7(4-6-8)9(10)12/h3-6,11H,2H2,1H3. The smallest absolute Gasteiger partial charge is 0.252 e. The van der Waals surface area contributed by atoms with Crippen molar-refractivity contribution < 1.29 is 13.2 Å². The van der Waals surface area contributed by atoms with Crippen molar-refractivity contribution in [2.24, 2.45) is 0 Å². The van der Waals surface area contributed by atoms with E-state index in [9.17, 15) is 13.2 Å². The third-order valence-corrected chi connectivity index (χ3v) is 3.51. The Morgan fingerprint density at radius 1 is 1.33 bits per heavy atom. The summed E-state index contributed by atoms with van der Waals surface area (Å²) in [5, 5.41) is -0.609. The number of carbonyl (C=O) groups excluding carboxylic acids is 1. The molecule has 0 aliphatic carbocycles. The average Bonchev–Trinajstić information content (AvgIpc) is 2.18. The first kappa shape index (κ1) is 12.2. The monoisotopic (exact) mass is 247 g/mol. The number of nitrogens with one attached hydrogen (secondary N) is 1. The second-order valence-electron chi connectivity index (χ2n) is 2.80. The number of halogens is 1. The molecule has 0 aromatic heterocycles. The van der Waals surface area contributed by atoms with Crippen molar-refractivity contribution in [1.29, 1.82) is 0 Å². The summed E-state index contributed by atoms with van der Waals surface area (Å²) in [7, 11) is -3.46. The molecule has 0 bridgehead atoms. The van der Waals surface area contributed by atoms with Crippen LogP contribution >= 0.6 is 11.6 Å². The highest BCUT2D eigenvalue weighted by atomic mass is 35.5. The Labute approximate surface area is 93.3 Å². The SMILES string of the molecule is CCNS(=O)(=O)c1ccc(C(=O)Cl)cc1. The molecule has 0 aliphatic rings. The highest BCUT2D eigenvalue weighted by Crippen LogP contribution is 2.11. The van der Waals surface area contributed by atoms with Gasteiger partial charge in [0.15, 0.2) is 0 Å². The van der Waals surface area contributed by atoms with E-state index in [0.717, 1.165) is 0 Å². The first-order chi connectivity index (χ1) is 6.97. The van der Waals surface area contributed by atoms with Crippen LogP contribution in [0.25, 0.3) is 0 Å². The molecule has 0 saturated carbocycles. The van der Waals surface area contributed by atoms with E-state index < -0.39 is 15.3 Å². The van der Waals surface area contributed by atoms with E-state index in [1.54, 1.807) is 6.92 Å². The van der Waals surface area contributed by atoms with Crippen LogP contribution in [0.3, 0.4) is 0 Å². The lowest BCUT2D eigenvalue weighted by Gasteiger charge is -2.04. The molecule has 4 nitrogen and oxygen atoms in total. The Hall–Kier alpha value is -0.910. The van der Waals surface area contributed by atoms with Gasteiger partial charge in [-0.2, -0.15) is 0 Å². The van der Waals surface area contributed by atoms with E-state index in [2.05, 4.69) is 4.72 Å². The fourth-order valence-electron chi connectivity index (χ4n) is 1.04. The van der Waals surface area contributed by atoms with Gasteiger partial charge < -0.3 is 0 Å². The lowest BCUT2D eigenvalue weighted by atomic mass is 10.2. The Morgan fingerprint density at radius 3 is 2.27 bits per heavy atom. The zero-order chi connectivity index (χ0) is 11.5. The lowest BCUT2D eigenvalue weighted by molar-refractivity contribution is 0.108. The van der Waals surface area contributed by atoms with Gasteiger partial charge in [-0.3, -0.25) is 4.79 Å². The molecule has 82 valence electrons. The van der Waals surface area contributed by atoms with Gasteiger partial charge in [-0.25, -0.2) is 13.1 Å². The molecule has 0 radical (unpaired) electrons. The Bertz CT molecular complexity index is 453. The first-order valence-corrected chi connectivity index (χ1v) is 6.13. The molecule has 6 heteroatoms. The summed E-state index contributed by atoms with van der Waals surface area (Å²) in [4.78, 5) is 10.8. The van der Waals surface area contributed by atoms with Crippen LogP contribution in [0.15, 0.2) is 29.2 Å². The molecule has 1 rings (SSSR count). The highest BCUT2D eigenvalue weighted by Gasteiger charge is 2.12. The molecular weight excluding hydrogens is 238 g/mol. The van der Waals surface area contributed by atoms with Crippen LogP contribution in [-0.2, 0) is 10.0 Å². The zero-order valence-electron chi connectivity index (χ0n) is 8.03. The third kappa shape index (κ3) is 3.02. The van der Waals surface area contributed by atoms with E-state index in [0.29, 0.717) is 6.54 Å². The summed E-state index contributed by atoms with van der Waals surface area (Å²) in [5.74, 6) is 0. The maximum absolute atomic E-state index is 11.5. The molecule has 0 unspecified atom stereocenters. The van der Waals surface area contributed by atoms with Crippen molar-refractivity contribution in [3.63, 3.8) is 0 Å². The lowest BCUT2D eigenvalue weighted by Crippen LogP contribution is -2.23. The van der Waals surface area contributed by atoms with Crippen LogP contribution in [-0.4, -0.2) is 20.2 Å². The van der Waals surface area contributed by atoms with E-state index in [4.69, 9.17) is 11.6 Å². The molecule has 0 aliphatic heterocycles. The summed E-state index contributed by atoms with van der Waals surface area (Å²) >= 11 is 5.23. The number of hydrogen-bond acceptors (Lipinski definition) is 3. The molecule has 0 saturated heterocycles. The number of benzene rings is 1. The van der Waals surface area contributed by atoms with Gasteiger partial charge in [-0.15, -0.1) is 0 Å². The second-order valence-corrected chi connectivity index (χ2v) is 4.91. The molecular formula is C9H10ClNO3S. The Kier molecular flexibility index (Phi) is 3.84. The molecule has 0 fully saturated rings. The van der Waals surface area contributed by atoms with Crippen molar-refractivity contribution in [2.75, 3.05) is 6.54 Å². The number of sulfonamides is 1. The topological polar surface area (TPSA) is 63.2 Å². The van der Waals surface area contributed by atoms with E-state index in [-0.39, 0.29) is 10.5 Å². The van der Waals surface area contributed by atoms with Gasteiger partial charge in [0.2, 0.25) is 10.0 Å². The first-order valence-electron chi connectivity index (χ1n) is 4.27. The fourth-order valence-corrected chi connectivity index (χ4v) is 2.21. The van der Waals surface area contributed by atoms with Crippen LogP contribution in [0, 0.1) is 0 Å². The largest absolute Gasteiger partial charge is 0.276 e. The third-order valence-electron chi connectivity index (χ3n) is 1.73. The van der Waals surface area contributed by atoms with Gasteiger partial charge in [0, 0.05) is 12.1 Å². The molecule has 0 amide bonds. The summed E-state index contributed by atoms with van der Waals surface area (Å²) in [6.07, 6.45) is 0. The predicted molar refractivity (Wildman–Crippen MR) is 57.5 cm³/mol. The van der Waals surface area contributed by atoms with Crippen LogP contribution in [0.4, 0.5) is 0 Å². The summed E-state index contributed by atoms with van der Waals surface area (Å²) in [6, 6.07) is 5.43. The fraction of sp³-hybridized carbons (Fsp3) is 0.222. The van der Waals surface area contributed by atoms with Crippen LogP contribution in [0.2, 0.25) is 0 Å². The van der Waals surface area contributed by atoms with Crippen LogP contribution in [0.1, 0.15) is 17.3 Å². The summed E-state index contributed by atoms with van der Waals surface area (Å²) in [5.41, 5.74) is 0.270. The summed E-state index contributed by atoms with van der Waals surface area (Å²) in [6.45, 7) is 2.01. The van der Waals surface area contributed by atoms with Gasteiger partial charge in [-0.05, 0) is 35.9 Å². The van der Waals surface area contributed by atoms with Gasteiger partial charge >= 0.3 is 0 Å². The predicted octanol–water partition coefficient (Wildman–Crippen LogP) is 1.36. The normalized spacial score (nSPS) is 11.3. The van der Waals surface area contributed by atoms with Crippen molar-refractivity contribution in [3.8, 4) is 0 Å². The van der Waals surface area contributed by atoms with Gasteiger partial charge in [-0.1, -0.05) is 6.92 Å². The number of hydrogen-bond donors (Lipinski definition) is 1. The number of carbonyl (C=O) groups is 1. The molecule has 1 aromatic rings. The van der Waals surface area contributed by atoms with E-state index >= 15 is 0 Å². The molecule has 1 N–H and O–H groups in total. The zero-order valence-corrected chi connectivity index (χ0v) is 9.60. The minimum absolute atomic E-state index is 0.117.